The first-order valence-corrected chi connectivity index (χ1v) is 7.30. The largest absolute Gasteiger partial charge is 0.271 e. The van der Waals surface area contributed by atoms with Crippen molar-refractivity contribution in [2.24, 2.45) is 5.84 Å². The molecule has 5 nitrogen and oxygen atoms in total. The normalized spacial score (nSPS) is 12.6. The summed E-state index contributed by atoms with van der Waals surface area (Å²) in [5.74, 6) is 5.24. The molecule has 0 saturated carbocycles. The zero-order chi connectivity index (χ0) is 15.4. The standard InChI is InChI=1S/C14H19ClFN5/c1-3-10-14(15)13(21(4-2)20-10)7-12(19-17)11-6-5-9(16)8-18-11/h5-6,8,12,19H,3-4,7,17H2,1-2H3. The molecule has 0 aromatic carbocycles. The number of nitrogens with one attached hydrogen (secondary N) is 1. The predicted molar refractivity (Wildman–Crippen MR) is 80.3 cm³/mol. The van der Waals surface area contributed by atoms with E-state index in [0.717, 1.165) is 24.4 Å². The molecule has 1 unspecified atom stereocenters. The zero-order valence-corrected chi connectivity index (χ0v) is 12.9. The van der Waals surface area contributed by atoms with Crippen LogP contribution in [0.25, 0.3) is 0 Å². The molecule has 7 heteroatoms. The van der Waals surface area contributed by atoms with Crippen molar-refractivity contribution in [3.63, 3.8) is 0 Å². The summed E-state index contributed by atoms with van der Waals surface area (Å²) in [5, 5.41) is 5.15. The lowest BCUT2D eigenvalue weighted by molar-refractivity contribution is 0.504. The molecule has 0 radical (unpaired) electrons. The van der Waals surface area contributed by atoms with Crippen LogP contribution in [0.4, 0.5) is 4.39 Å². The van der Waals surface area contributed by atoms with E-state index in [1.165, 1.54) is 12.3 Å². The summed E-state index contributed by atoms with van der Waals surface area (Å²) in [5.41, 5.74) is 5.15. The minimum Gasteiger partial charge on any atom is -0.271 e. The van der Waals surface area contributed by atoms with Crippen molar-refractivity contribution in [2.45, 2.75) is 39.3 Å². The molecule has 1 atom stereocenters. The van der Waals surface area contributed by atoms with E-state index in [1.807, 2.05) is 18.5 Å². The van der Waals surface area contributed by atoms with Crippen LogP contribution in [0.1, 0.15) is 37.0 Å². The van der Waals surface area contributed by atoms with Gasteiger partial charge in [0.15, 0.2) is 0 Å². The van der Waals surface area contributed by atoms with E-state index in [0.29, 0.717) is 17.1 Å². The molecule has 2 aromatic heterocycles. The number of aryl methyl sites for hydroxylation is 2. The Labute approximate surface area is 128 Å². The van der Waals surface area contributed by atoms with Gasteiger partial charge in [0, 0.05) is 13.0 Å². The maximum absolute atomic E-state index is 13.0. The van der Waals surface area contributed by atoms with Gasteiger partial charge in [0.05, 0.1) is 34.3 Å². The number of pyridine rings is 1. The molecule has 0 bridgehead atoms. The van der Waals surface area contributed by atoms with Crippen LogP contribution in [-0.2, 0) is 19.4 Å². The lowest BCUT2D eigenvalue weighted by Crippen LogP contribution is -2.31. The first-order valence-electron chi connectivity index (χ1n) is 6.92. The van der Waals surface area contributed by atoms with Gasteiger partial charge in [-0.2, -0.15) is 5.10 Å². The van der Waals surface area contributed by atoms with Gasteiger partial charge in [-0.05, 0) is 25.5 Å². The summed E-state index contributed by atoms with van der Waals surface area (Å²) in [6.45, 7) is 4.74. The molecule has 0 saturated heterocycles. The Hall–Kier alpha value is -1.50. The Kier molecular flexibility index (Phi) is 5.27. The number of hydrogen-bond donors (Lipinski definition) is 2. The van der Waals surface area contributed by atoms with E-state index < -0.39 is 0 Å². The fourth-order valence-corrected chi connectivity index (χ4v) is 2.59. The number of hydrogen-bond acceptors (Lipinski definition) is 4. The third kappa shape index (κ3) is 3.40. The van der Waals surface area contributed by atoms with Gasteiger partial charge in [-0.15, -0.1) is 0 Å². The second-order valence-electron chi connectivity index (χ2n) is 4.70. The number of hydrazine groups is 1. The minimum atomic E-state index is -0.376. The first kappa shape index (κ1) is 15.9. The average molecular weight is 312 g/mol. The van der Waals surface area contributed by atoms with E-state index in [1.54, 1.807) is 6.07 Å². The van der Waals surface area contributed by atoms with E-state index in [-0.39, 0.29) is 11.9 Å². The number of halogens is 2. The maximum Gasteiger partial charge on any atom is 0.141 e. The Morgan fingerprint density at radius 3 is 2.71 bits per heavy atom. The number of aromatic nitrogens is 3. The van der Waals surface area contributed by atoms with E-state index in [9.17, 15) is 4.39 Å². The quantitative estimate of drug-likeness (QED) is 0.635. The summed E-state index contributed by atoms with van der Waals surface area (Å²) in [4.78, 5) is 4.07. The maximum atomic E-state index is 13.0. The SMILES string of the molecule is CCc1nn(CC)c(CC(NN)c2ccc(F)cn2)c1Cl. The molecule has 0 fully saturated rings. The molecular formula is C14H19ClFN5. The summed E-state index contributed by atoms with van der Waals surface area (Å²) >= 11 is 6.39. The highest BCUT2D eigenvalue weighted by molar-refractivity contribution is 6.31. The number of rotatable bonds is 6. The van der Waals surface area contributed by atoms with E-state index >= 15 is 0 Å². The van der Waals surface area contributed by atoms with Crippen molar-refractivity contribution >= 4 is 11.6 Å². The van der Waals surface area contributed by atoms with Gasteiger partial charge in [0.2, 0.25) is 0 Å². The molecular weight excluding hydrogens is 293 g/mol. The van der Waals surface area contributed by atoms with Crippen LogP contribution in [0.5, 0.6) is 0 Å². The van der Waals surface area contributed by atoms with Crippen molar-refractivity contribution in [3.8, 4) is 0 Å². The van der Waals surface area contributed by atoms with Crippen molar-refractivity contribution in [1.82, 2.24) is 20.2 Å². The van der Waals surface area contributed by atoms with Gasteiger partial charge in [-0.3, -0.25) is 20.9 Å². The molecule has 0 aliphatic rings. The highest BCUT2D eigenvalue weighted by Gasteiger charge is 2.20. The summed E-state index contributed by atoms with van der Waals surface area (Å²) in [6.07, 6.45) is 2.49. The number of nitrogens with zero attached hydrogens (tertiary/aromatic N) is 3. The summed E-state index contributed by atoms with van der Waals surface area (Å²) in [6, 6.07) is 2.72. The Balaban J connectivity index is 2.30. The van der Waals surface area contributed by atoms with Crippen molar-refractivity contribution < 1.29 is 4.39 Å². The molecule has 114 valence electrons. The Morgan fingerprint density at radius 1 is 1.43 bits per heavy atom. The first-order chi connectivity index (χ1) is 10.1. The topological polar surface area (TPSA) is 68.8 Å². The average Bonchev–Trinajstić information content (AvgIpc) is 2.81. The fraction of sp³-hybridized carbons (Fsp3) is 0.429. The van der Waals surface area contributed by atoms with Crippen LogP contribution < -0.4 is 11.3 Å². The summed E-state index contributed by atoms with van der Waals surface area (Å²) < 4.78 is 14.8. The van der Waals surface area contributed by atoms with Crippen LogP contribution in [0, 0.1) is 5.82 Å². The zero-order valence-electron chi connectivity index (χ0n) is 12.1. The molecule has 0 spiro atoms. The predicted octanol–water partition coefficient (Wildman–Crippen LogP) is 2.40. The Morgan fingerprint density at radius 2 is 2.19 bits per heavy atom. The smallest absolute Gasteiger partial charge is 0.141 e. The van der Waals surface area contributed by atoms with Crippen LogP contribution >= 0.6 is 11.6 Å². The molecule has 0 aliphatic heterocycles. The van der Waals surface area contributed by atoms with Crippen molar-refractivity contribution in [2.75, 3.05) is 0 Å². The van der Waals surface area contributed by atoms with E-state index in [2.05, 4.69) is 15.5 Å². The lowest BCUT2D eigenvalue weighted by Gasteiger charge is -2.16. The molecule has 0 aliphatic carbocycles. The molecule has 0 amide bonds. The third-order valence-corrected chi connectivity index (χ3v) is 3.84. The minimum absolute atomic E-state index is 0.255. The van der Waals surface area contributed by atoms with Crippen molar-refractivity contribution in [3.05, 3.63) is 46.3 Å². The van der Waals surface area contributed by atoms with Gasteiger partial charge in [-0.25, -0.2) is 4.39 Å². The molecule has 21 heavy (non-hydrogen) atoms. The van der Waals surface area contributed by atoms with Gasteiger partial charge in [0.25, 0.3) is 0 Å². The van der Waals surface area contributed by atoms with Crippen LogP contribution in [-0.4, -0.2) is 14.8 Å². The highest BCUT2D eigenvalue weighted by Crippen LogP contribution is 2.26. The molecule has 2 rings (SSSR count). The number of nitrogens with two attached hydrogens (primary N) is 1. The molecule has 3 N–H and O–H groups in total. The lowest BCUT2D eigenvalue weighted by atomic mass is 10.1. The van der Waals surface area contributed by atoms with Crippen LogP contribution in [0.15, 0.2) is 18.3 Å². The van der Waals surface area contributed by atoms with Crippen LogP contribution in [0.2, 0.25) is 5.02 Å². The second-order valence-corrected chi connectivity index (χ2v) is 5.08. The van der Waals surface area contributed by atoms with E-state index in [4.69, 9.17) is 17.4 Å². The van der Waals surface area contributed by atoms with Crippen LogP contribution in [0.3, 0.4) is 0 Å². The second kappa shape index (κ2) is 6.98. The Bertz CT molecular complexity index is 596. The fourth-order valence-electron chi connectivity index (χ4n) is 2.25. The monoisotopic (exact) mass is 311 g/mol. The van der Waals surface area contributed by atoms with Gasteiger partial charge in [-0.1, -0.05) is 18.5 Å². The molecule has 2 heterocycles. The highest BCUT2D eigenvalue weighted by atomic mass is 35.5. The third-order valence-electron chi connectivity index (χ3n) is 3.40. The van der Waals surface area contributed by atoms with Crippen molar-refractivity contribution in [1.29, 1.82) is 0 Å². The molecule has 2 aromatic rings. The van der Waals surface area contributed by atoms with Gasteiger partial charge in [0.1, 0.15) is 5.82 Å². The summed E-state index contributed by atoms with van der Waals surface area (Å²) in [7, 11) is 0. The van der Waals surface area contributed by atoms with Gasteiger partial charge >= 0.3 is 0 Å². The van der Waals surface area contributed by atoms with Gasteiger partial charge < -0.3 is 0 Å².